The zero-order valence-corrected chi connectivity index (χ0v) is 15.0. The van der Waals surface area contributed by atoms with Crippen LogP contribution in [0.2, 0.25) is 0 Å². The maximum absolute atomic E-state index is 12.6. The Hall–Kier alpha value is -1.62. The first kappa shape index (κ1) is 16.2. The first-order chi connectivity index (χ1) is 11.0. The first-order valence-electron chi connectivity index (χ1n) is 8.38. The minimum Gasteiger partial charge on any atom is -0.351 e. The molecule has 0 spiro atoms. The Morgan fingerprint density at radius 1 is 1.39 bits per heavy atom. The molecule has 5 heteroatoms. The fourth-order valence-electron chi connectivity index (χ4n) is 3.21. The van der Waals surface area contributed by atoms with Gasteiger partial charge in [-0.1, -0.05) is 0 Å². The van der Waals surface area contributed by atoms with Crippen LogP contribution in [-0.4, -0.2) is 33.4 Å². The summed E-state index contributed by atoms with van der Waals surface area (Å²) in [5.74, 6) is 0.674. The smallest absolute Gasteiger partial charge is 0.224 e. The number of hydrogen-bond acceptors (Lipinski definition) is 3. The quantitative estimate of drug-likeness (QED) is 0.851. The van der Waals surface area contributed by atoms with E-state index in [1.165, 1.54) is 9.88 Å². The predicted octanol–water partition coefficient (Wildman–Crippen LogP) is 3.92. The third kappa shape index (κ3) is 3.66. The number of hydrogen-bond donors (Lipinski definition) is 0. The second kappa shape index (κ2) is 6.87. The lowest BCUT2D eigenvalue weighted by atomic mass is 9.98. The van der Waals surface area contributed by atoms with E-state index in [1.807, 2.05) is 29.4 Å². The second-order valence-corrected chi connectivity index (χ2v) is 7.79. The van der Waals surface area contributed by atoms with Gasteiger partial charge in [-0.15, -0.1) is 11.3 Å². The summed E-state index contributed by atoms with van der Waals surface area (Å²) < 4.78 is 2.10. The van der Waals surface area contributed by atoms with E-state index in [9.17, 15) is 4.79 Å². The molecular formula is C18H25N3OS. The minimum atomic E-state index is 0.210. The van der Waals surface area contributed by atoms with Crippen molar-refractivity contribution in [3.8, 4) is 0 Å². The normalized spacial score (nSPS) is 19.8. The van der Waals surface area contributed by atoms with Crippen LogP contribution in [0.1, 0.15) is 53.7 Å². The number of carbonyl (C=O) groups excluding carboxylic acids is 1. The van der Waals surface area contributed by atoms with Gasteiger partial charge in [0.25, 0.3) is 0 Å². The van der Waals surface area contributed by atoms with Crippen LogP contribution in [0.5, 0.6) is 0 Å². The molecule has 1 aliphatic rings. The molecule has 23 heavy (non-hydrogen) atoms. The topological polar surface area (TPSA) is 38.1 Å². The number of aryl methyl sites for hydroxylation is 2. The Labute approximate surface area is 142 Å². The lowest BCUT2D eigenvalue weighted by molar-refractivity contribution is -0.133. The Morgan fingerprint density at radius 3 is 2.78 bits per heavy atom. The zero-order chi connectivity index (χ0) is 16.4. The molecular weight excluding hydrogens is 306 g/mol. The van der Waals surface area contributed by atoms with Crippen LogP contribution >= 0.6 is 11.3 Å². The Morgan fingerprint density at radius 2 is 2.13 bits per heavy atom. The monoisotopic (exact) mass is 331 g/mol. The van der Waals surface area contributed by atoms with E-state index in [0.717, 1.165) is 31.6 Å². The Kier molecular flexibility index (Phi) is 4.85. The van der Waals surface area contributed by atoms with E-state index in [-0.39, 0.29) is 11.9 Å². The number of piperidine rings is 1. The molecule has 1 amide bonds. The van der Waals surface area contributed by atoms with Crippen molar-refractivity contribution < 1.29 is 4.79 Å². The van der Waals surface area contributed by atoms with Gasteiger partial charge in [-0.05, 0) is 45.7 Å². The zero-order valence-electron chi connectivity index (χ0n) is 14.2. The highest BCUT2D eigenvalue weighted by Gasteiger charge is 2.27. The van der Waals surface area contributed by atoms with Crippen molar-refractivity contribution in [1.82, 2.24) is 14.5 Å². The average Bonchev–Trinajstić information content (AvgIpc) is 3.18. The van der Waals surface area contributed by atoms with Gasteiger partial charge in [-0.3, -0.25) is 4.79 Å². The van der Waals surface area contributed by atoms with Crippen molar-refractivity contribution in [2.24, 2.45) is 0 Å². The largest absolute Gasteiger partial charge is 0.351 e. The molecule has 2 aromatic heterocycles. The molecule has 0 aliphatic carbocycles. The maximum atomic E-state index is 12.6. The number of thiazole rings is 1. The second-order valence-electron chi connectivity index (χ2n) is 6.56. The molecule has 2 atom stereocenters. The van der Waals surface area contributed by atoms with Gasteiger partial charge >= 0.3 is 0 Å². The third-order valence-corrected chi connectivity index (χ3v) is 6.01. The summed E-state index contributed by atoms with van der Waals surface area (Å²) in [4.78, 5) is 20.7. The van der Waals surface area contributed by atoms with Crippen molar-refractivity contribution in [3.63, 3.8) is 0 Å². The van der Waals surface area contributed by atoms with Gasteiger partial charge in [-0.2, -0.15) is 0 Å². The van der Waals surface area contributed by atoms with Crippen LogP contribution in [0.3, 0.4) is 0 Å². The first-order valence-corrected chi connectivity index (χ1v) is 9.20. The van der Waals surface area contributed by atoms with E-state index >= 15 is 0 Å². The van der Waals surface area contributed by atoms with Crippen molar-refractivity contribution in [2.75, 3.05) is 13.1 Å². The minimum absolute atomic E-state index is 0.210. The molecule has 0 saturated carbocycles. The van der Waals surface area contributed by atoms with Gasteiger partial charge in [0.1, 0.15) is 0 Å². The lowest BCUT2D eigenvalue weighted by Crippen LogP contribution is -2.39. The molecule has 3 heterocycles. The summed E-state index contributed by atoms with van der Waals surface area (Å²) in [5, 5.41) is 1.20. The predicted molar refractivity (Wildman–Crippen MR) is 93.9 cm³/mol. The lowest BCUT2D eigenvalue weighted by Gasteiger charge is -2.32. The molecule has 124 valence electrons. The summed E-state index contributed by atoms with van der Waals surface area (Å²) in [5.41, 5.74) is 1.13. The number of aromatic nitrogens is 2. The molecule has 1 saturated heterocycles. The van der Waals surface area contributed by atoms with E-state index in [2.05, 4.69) is 25.3 Å². The van der Waals surface area contributed by atoms with Crippen LogP contribution < -0.4 is 0 Å². The Balaban J connectivity index is 1.62. The van der Waals surface area contributed by atoms with Crippen molar-refractivity contribution in [2.45, 2.75) is 52.0 Å². The van der Waals surface area contributed by atoms with E-state index in [4.69, 9.17) is 4.98 Å². The average molecular weight is 331 g/mol. The number of likely N-dealkylation sites (tertiary alicyclic amines) is 1. The summed E-state index contributed by atoms with van der Waals surface area (Å²) in [6.45, 7) is 8.01. The summed E-state index contributed by atoms with van der Waals surface area (Å²) in [6.07, 6.45) is 6.84. The van der Waals surface area contributed by atoms with Gasteiger partial charge < -0.3 is 9.47 Å². The SMILES string of the molecule is Cc1nc([C@@H]2CCCN(C(=O)C[C@H](C)n3cccc3)C2)sc1C. The summed E-state index contributed by atoms with van der Waals surface area (Å²) >= 11 is 1.79. The van der Waals surface area contributed by atoms with Gasteiger partial charge in [0, 0.05) is 48.7 Å². The third-order valence-electron chi connectivity index (χ3n) is 4.77. The molecule has 0 radical (unpaired) electrons. The van der Waals surface area contributed by atoms with Gasteiger partial charge in [0.05, 0.1) is 10.7 Å². The van der Waals surface area contributed by atoms with Crippen molar-refractivity contribution in [1.29, 1.82) is 0 Å². The fraction of sp³-hybridized carbons (Fsp3) is 0.556. The van der Waals surface area contributed by atoms with Gasteiger partial charge in [0.15, 0.2) is 0 Å². The molecule has 3 rings (SSSR count). The molecule has 2 aromatic rings. The number of amides is 1. The van der Waals surface area contributed by atoms with Crippen molar-refractivity contribution in [3.05, 3.63) is 40.1 Å². The van der Waals surface area contributed by atoms with Crippen LogP contribution in [0, 0.1) is 13.8 Å². The number of carbonyl (C=O) groups is 1. The standard InChI is InChI=1S/C18H25N3OS/c1-13(20-8-4-5-9-20)11-17(22)21-10-6-7-16(12-21)18-19-14(2)15(3)23-18/h4-5,8-9,13,16H,6-7,10-12H2,1-3H3/t13-,16+/m0/s1. The van der Waals surface area contributed by atoms with Crippen LogP contribution in [0.25, 0.3) is 0 Å². The summed E-state index contributed by atoms with van der Waals surface area (Å²) in [6, 6.07) is 4.22. The molecule has 1 aliphatic heterocycles. The maximum Gasteiger partial charge on any atom is 0.224 e. The molecule has 4 nitrogen and oxygen atoms in total. The van der Waals surface area contributed by atoms with E-state index < -0.39 is 0 Å². The number of rotatable bonds is 4. The van der Waals surface area contributed by atoms with Crippen LogP contribution in [0.15, 0.2) is 24.5 Å². The Bertz CT molecular complexity index is 642. The van der Waals surface area contributed by atoms with Gasteiger partial charge in [-0.25, -0.2) is 4.98 Å². The van der Waals surface area contributed by atoms with Crippen LogP contribution in [0.4, 0.5) is 0 Å². The molecule has 0 unspecified atom stereocenters. The van der Waals surface area contributed by atoms with Crippen molar-refractivity contribution >= 4 is 17.2 Å². The van der Waals surface area contributed by atoms with Gasteiger partial charge in [0.2, 0.25) is 5.91 Å². The van der Waals surface area contributed by atoms with E-state index in [1.54, 1.807) is 11.3 Å². The molecule has 0 bridgehead atoms. The summed E-state index contributed by atoms with van der Waals surface area (Å²) in [7, 11) is 0. The fourth-order valence-corrected chi connectivity index (χ4v) is 4.25. The van der Waals surface area contributed by atoms with E-state index in [0.29, 0.717) is 12.3 Å². The molecule has 1 fully saturated rings. The van der Waals surface area contributed by atoms with Crippen LogP contribution in [-0.2, 0) is 4.79 Å². The highest BCUT2D eigenvalue weighted by atomic mass is 32.1. The highest BCUT2D eigenvalue weighted by Crippen LogP contribution is 2.31. The molecule has 0 aromatic carbocycles. The highest BCUT2D eigenvalue weighted by molar-refractivity contribution is 7.11. The molecule has 0 N–H and O–H groups in total. The number of nitrogens with zero attached hydrogens (tertiary/aromatic N) is 3.